The Morgan fingerprint density at radius 2 is 1.65 bits per heavy atom. The smallest absolute Gasteiger partial charge is 0.410 e. The van der Waals surface area contributed by atoms with Gasteiger partial charge < -0.3 is 19.5 Å². The highest BCUT2D eigenvalue weighted by atomic mass is 16.6. The Balaban J connectivity index is 1.59. The molecule has 168 valence electrons. The Morgan fingerprint density at radius 3 is 2.26 bits per heavy atom. The number of piperidine rings is 1. The molecule has 0 saturated carbocycles. The lowest BCUT2D eigenvalue weighted by Crippen LogP contribution is -2.42. The van der Waals surface area contributed by atoms with E-state index in [-0.39, 0.29) is 23.5 Å². The van der Waals surface area contributed by atoms with E-state index in [1.807, 2.05) is 57.3 Å². The summed E-state index contributed by atoms with van der Waals surface area (Å²) in [5, 5.41) is 3.11. The second-order valence-corrected chi connectivity index (χ2v) is 9.93. The van der Waals surface area contributed by atoms with Gasteiger partial charge in [0.05, 0.1) is 0 Å². The molecule has 0 spiro atoms. The molecule has 0 atom stereocenters. The number of benzene rings is 1. The average Bonchev–Trinajstić information content (AvgIpc) is 3.21. The van der Waals surface area contributed by atoms with Gasteiger partial charge in [-0.05, 0) is 51.3 Å². The molecule has 2 amide bonds. The van der Waals surface area contributed by atoms with Crippen LogP contribution in [0.4, 0.5) is 4.79 Å². The fourth-order valence-corrected chi connectivity index (χ4v) is 3.94. The van der Waals surface area contributed by atoms with Gasteiger partial charge in [0, 0.05) is 37.3 Å². The number of hydrogen-bond acceptors (Lipinski definition) is 3. The molecule has 1 aliphatic rings. The standard InChI is InChI=1S/C25H35N3O3/c1-24(2,3)31-23(30)27-16-13-20(14-17-27)28-15-9-12-21(28)22(29)26-18-25(4,5)19-10-7-6-8-11-19/h6-12,15,20H,13-14,16-18H2,1-5H3,(H,26,29). The van der Waals surface area contributed by atoms with Crippen molar-refractivity contribution in [2.75, 3.05) is 19.6 Å². The number of hydrogen-bond donors (Lipinski definition) is 1. The molecular weight excluding hydrogens is 390 g/mol. The first-order valence-electron chi connectivity index (χ1n) is 11.1. The van der Waals surface area contributed by atoms with Crippen LogP contribution in [-0.4, -0.2) is 46.7 Å². The summed E-state index contributed by atoms with van der Waals surface area (Å²) in [6, 6.07) is 14.2. The van der Waals surface area contributed by atoms with Gasteiger partial charge in [-0.3, -0.25) is 4.79 Å². The van der Waals surface area contributed by atoms with Crippen molar-refractivity contribution in [1.29, 1.82) is 0 Å². The van der Waals surface area contributed by atoms with E-state index in [4.69, 9.17) is 4.74 Å². The third kappa shape index (κ3) is 5.90. The van der Waals surface area contributed by atoms with Crippen LogP contribution >= 0.6 is 0 Å². The molecule has 6 heteroatoms. The quantitative estimate of drug-likeness (QED) is 0.751. The Kier molecular flexibility index (Phi) is 6.77. The van der Waals surface area contributed by atoms with E-state index in [0.717, 1.165) is 12.8 Å². The second-order valence-electron chi connectivity index (χ2n) is 9.93. The fraction of sp³-hybridized carbons (Fsp3) is 0.520. The summed E-state index contributed by atoms with van der Waals surface area (Å²) in [4.78, 5) is 27.0. The zero-order chi connectivity index (χ0) is 22.6. The van der Waals surface area contributed by atoms with Crippen molar-refractivity contribution in [2.45, 2.75) is 64.5 Å². The summed E-state index contributed by atoms with van der Waals surface area (Å²) in [7, 11) is 0. The van der Waals surface area contributed by atoms with Crippen LogP contribution in [0.5, 0.6) is 0 Å². The highest BCUT2D eigenvalue weighted by Crippen LogP contribution is 2.26. The van der Waals surface area contributed by atoms with Crippen molar-refractivity contribution < 1.29 is 14.3 Å². The van der Waals surface area contributed by atoms with Gasteiger partial charge in [-0.25, -0.2) is 4.79 Å². The van der Waals surface area contributed by atoms with Gasteiger partial charge >= 0.3 is 6.09 Å². The first-order valence-corrected chi connectivity index (χ1v) is 11.1. The molecule has 2 aromatic rings. The molecule has 0 aliphatic carbocycles. The van der Waals surface area contributed by atoms with E-state index in [0.29, 0.717) is 25.3 Å². The molecule has 6 nitrogen and oxygen atoms in total. The number of likely N-dealkylation sites (tertiary alicyclic amines) is 1. The number of carbonyl (C=O) groups is 2. The van der Waals surface area contributed by atoms with Crippen LogP contribution in [-0.2, 0) is 10.2 Å². The Hall–Kier alpha value is -2.76. The van der Waals surface area contributed by atoms with Crippen LogP contribution < -0.4 is 5.32 Å². The van der Waals surface area contributed by atoms with Crippen molar-refractivity contribution in [3.05, 3.63) is 59.9 Å². The van der Waals surface area contributed by atoms with E-state index in [9.17, 15) is 9.59 Å². The molecule has 31 heavy (non-hydrogen) atoms. The Bertz CT molecular complexity index is 888. The lowest BCUT2D eigenvalue weighted by molar-refractivity contribution is 0.0187. The molecule has 1 aliphatic heterocycles. The Morgan fingerprint density at radius 1 is 1.00 bits per heavy atom. The first kappa shape index (κ1) is 22.9. The third-order valence-corrected chi connectivity index (χ3v) is 5.77. The molecule has 0 unspecified atom stereocenters. The van der Waals surface area contributed by atoms with Crippen molar-refractivity contribution in [2.24, 2.45) is 0 Å². The van der Waals surface area contributed by atoms with Gasteiger partial charge in [0.2, 0.25) is 0 Å². The molecule has 1 fully saturated rings. The van der Waals surface area contributed by atoms with Gasteiger partial charge in [-0.2, -0.15) is 0 Å². The molecule has 0 bridgehead atoms. The summed E-state index contributed by atoms with van der Waals surface area (Å²) in [6.45, 7) is 11.7. The van der Waals surface area contributed by atoms with Crippen molar-refractivity contribution in [3.63, 3.8) is 0 Å². The number of rotatable bonds is 5. The van der Waals surface area contributed by atoms with E-state index in [1.165, 1.54) is 5.56 Å². The largest absolute Gasteiger partial charge is 0.444 e. The summed E-state index contributed by atoms with van der Waals surface area (Å²) < 4.78 is 7.53. The van der Waals surface area contributed by atoms with Gasteiger partial charge in [0.1, 0.15) is 11.3 Å². The predicted octanol–water partition coefficient (Wildman–Crippen LogP) is 4.77. The summed E-state index contributed by atoms with van der Waals surface area (Å²) >= 11 is 0. The number of carbonyl (C=O) groups excluding carboxylic acids is 2. The molecule has 3 rings (SSSR count). The van der Waals surface area contributed by atoms with Crippen LogP contribution in [0.3, 0.4) is 0 Å². The summed E-state index contributed by atoms with van der Waals surface area (Å²) in [6.07, 6.45) is 3.29. The van der Waals surface area contributed by atoms with E-state index >= 15 is 0 Å². The molecule has 1 N–H and O–H groups in total. The highest BCUT2D eigenvalue weighted by Gasteiger charge is 2.29. The van der Waals surface area contributed by atoms with Gasteiger partial charge in [-0.15, -0.1) is 0 Å². The van der Waals surface area contributed by atoms with Crippen LogP contribution in [0.15, 0.2) is 48.7 Å². The number of aromatic nitrogens is 1. The SMILES string of the molecule is CC(C)(C)OC(=O)N1CCC(n2cccc2C(=O)NCC(C)(C)c2ccccc2)CC1. The molecule has 2 heterocycles. The molecule has 1 aromatic carbocycles. The van der Waals surface area contributed by atoms with Crippen molar-refractivity contribution in [1.82, 2.24) is 14.8 Å². The highest BCUT2D eigenvalue weighted by molar-refractivity contribution is 5.92. The van der Waals surface area contributed by atoms with Crippen LogP contribution in [0.25, 0.3) is 0 Å². The molecule has 1 saturated heterocycles. The minimum absolute atomic E-state index is 0.0661. The normalized spacial score (nSPS) is 15.6. The van der Waals surface area contributed by atoms with Crippen molar-refractivity contribution >= 4 is 12.0 Å². The maximum atomic E-state index is 13.0. The maximum absolute atomic E-state index is 13.0. The van der Waals surface area contributed by atoms with E-state index in [2.05, 4.69) is 35.9 Å². The van der Waals surface area contributed by atoms with E-state index in [1.54, 1.807) is 4.90 Å². The minimum Gasteiger partial charge on any atom is -0.444 e. The zero-order valence-corrected chi connectivity index (χ0v) is 19.4. The minimum atomic E-state index is -0.493. The average molecular weight is 426 g/mol. The predicted molar refractivity (Wildman–Crippen MR) is 122 cm³/mol. The Labute approximate surface area is 185 Å². The lowest BCUT2D eigenvalue weighted by Gasteiger charge is -2.34. The van der Waals surface area contributed by atoms with Crippen molar-refractivity contribution in [3.8, 4) is 0 Å². The molecule has 0 radical (unpaired) electrons. The third-order valence-electron chi connectivity index (χ3n) is 5.77. The van der Waals surface area contributed by atoms with E-state index < -0.39 is 5.60 Å². The lowest BCUT2D eigenvalue weighted by atomic mass is 9.84. The summed E-state index contributed by atoms with van der Waals surface area (Å²) in [5.41, 5.74) is 1.21. The van der Waals surface area contributed by atoms with Gasteiger partial charge in [0.15, 0.2) is 0 Å². The molecular formula is C25H35N3O3. The van der Waals surface area contributed by atoms with Gasteiger partial charge in [-0.1, -0.05) is 44.2 Å². The van der Waals surface area contributed by atoms with Crippen LogP contribution in [0.2, 0.25) is 0 Å². The number of nitrogens with zero attached hydrogens (tertiary/aromatic N) is 2. The topological polar surface area (TPSA) is 63.6 Å². The monoisotopic (exact) mass is 425 g/mol. The van der Waals surface area contributed by atoms with Crippen LogP contribution in [0, 0.1) is 0 Å². The number of amides is 2. The fourth-order valence-electron chi connectivity index (χ4n) is 3.94. The molecule has 1 aromatic heterocycles. The maximum Gasteiger partial charge on any atom is 0.410 e. The second kappa shape index (κ2) is 9.16. The number of nitrogens with one attached hydrogen (secondary N) is 1. The number of ether oxygens (including phenoxy) is 1. The summed E-state index contributed by atoms with van der Waals surface area (Å²) in [5.74, 6) is -0.0661. The van der Waals surface area contributed by atoms with Gasteiger partial charge in [0.25, 0.3) is 5.91 Å². The first-order chi connectivity index (χ1) is 14.6. The zero-order valence-electron chi connectivity index (χ0n) is 19.4. The van der Waals surface area contributed by atoms with Crippen LogP contribution in [0.1, 0.15) is 69.6 Å².